The van der Waals surface area contributed by atoms with Crippen LogP contribution in [-0.2, 0) is 6.54 Å². The van der Waals surface area contributed by atoms with Gasteiger partial charge in [0.25, 0.3) is 11.6 Å². The molecule has 0 aliphatic rings. The third kappa shape index (κ3) is 4.12. The number of nitrogen functional groups attached to an aromatic ring is 1. The van der Waals surface area contributed by atoms with Gasteiger partial charge in [0.15, 0.2) is 6.17 Å². The number of carbonyl (C=O) groups excluding carboxylic acids is 1. The molecule has 0 spiro atoms. The van der Waals surface area contributed by atoms with E-state index in [1.807, 2.05) is 52.2 Å². The van der Waals surface area contributed by atoms with E-state index in [9.17, 15) is 14.9 Å². The molecule has 170 valence electrons. The summed E-state index contributed by atoms with van der Waals surface area (Å²) in [5.74, 6) is -0.264. The Labute approximate surface area is 195 Å². The van der Waals surface area contributed by atoms with Gasteiger partial charge in [-0.05, 0) is 23.9 Å². The van der Waals surface area contributed by atoms with Crippen molar-refractivity contribution in [3.63, 3.8) is 0 Å². The summed E-state index contributed by atoms with van der Waals surface area (Å²) < 4.78 is 0.343. The number of hydrogen-bond acceptors (Lipinski definition) is 6. The van der Waals surface area contributed by atoms with Gasteiger partial charge in [-0.1, -0.05) is 30.3 Å². The third-order valence-electron chi connectivity index (χ3n) is 6.18. The van der Waals surface area contributed by atoms with Crippen molar-refractivity contribution in [2.24, 2.45) is 0 Å². The monoisotopic (exact) mass is 464 g/mol. The van der Waals surface area contributed by atoms with Crippen molar-refractivity contribution in [3.05, 3.63) is 74.0 Å². The molecule has 33 heavy (non-hydrogen) atoms. The van der Waals surface area contributed by atoms with Crippen LogP contribution in [-0.4, -0.2) is 40.6 Å². The Kier molecular flexibility index (Phi) is 5.77. The fraction of sp³-hybridized carbons (Fsp3) is 0.250. The maximum absolute atomic E-state index is 13.3. The van der Waals surface area contributed by atoms with Gasteiger partial charge in [0.05, 0.1) is 41.3 Å². The van der Waals surface area contributed by atoms with Crippen molar-refractivity contribution < 1.29 is 14.2 Å². The van der Waals surface area contributed by atoms with E-state index in [0.717, 1.165) is 21.9 Å². The number of pyridine rings is 1. The Bertz CT molecular complexity index is 1400. The van der Waals surface area contributed by atoms with E-state index in [0.29, 0.717) is 32.7 Å². The molecule has 0 radical (unpaired) electrons. The van der Waals surface area contributed by atoms with E-state index in [2.05, 4.69) is 5.32 Å². The number of aromatic nitrogens is 1. The second kappa shape index (κ2) is 8.42. The van der Waals surface area contributed by atoms with Crippen LogP contribution in [0.25, 0.3) is 21.8 Å². The minimum Gasteiger partial charge on any atom is -0.398 e. The number of nitrogens with one attached hydrogen (secondary N) is 1. The van der Waals surface area contributed by atoms with Crippen LogP contribution in [0.5, 0.6) is 0 Å². The van der Waals surface area contributed by atoms with Crippen LogP contribution in [0.2, 0.25) is 0 Å². The number of para-hydroxylation sites is 2. The van der Waals surface area contributed by atoms with Crippen LogP contribution in [0, 0.1) is 17.0 Å². The number of nitrogens with two attached hydrogens (primary N) is 1. The van der Waals surface area contributed by atoms with Gasteiger partial charge < -0.3 is 15.5 Å². The van der Waals surface area contributed by atoms with Gasteiger partial charge in [-0.3, -0.25) is 14.9 Å². The molecule has 0 aliphatic heterocycles. The summed E-state index contributed by atoms with van der Waals surface area (Å²) in [6, 6.07) is 12.8. The number of fused-ring (bicyclic) bond motifs is 2. The molecule has 9 heteroatoms. The van der Waals surface area contributed by atoms with Crippen LogP contribution in [0.3, 0.4) is 0 Å². The normalized spacial score (nSPS) is 12.7. The molecule has 2 heterocycles. The summed E-state index contributed by atoms with van der Waals surface area (Å²) in [5.41, 5.74) is 9.92. The lowest BCUT2D eigenvalue weighted by Gasteiger charge is -2.35. The Morgan fingerprint density at radius 3 is 2.55 bits per heavy atom. The van der Waals surface area contributed by atoms with Gasteiger partial charge in [-0.2, -0.15) is 0 Å². The van der Waals surface area contributed by atoms with Gasteiger partial charge in [0, 0.05) is 23.8 Å². The number of rotatable bonds is 6. The van der Waals surface area contributed by atoms with Crippen molar-refractivity contribution in [2.75, 3.05) is 19.8 Å². The van der Waals surface area contributed by atoms with Crippen molar-refractivity contribution in [1.29, 1.82) is 0 Å². The molecule has 0 saturated carbocycles. The molecule has 8 nitrogen and oxygen atoms in total. The van der Waals surface area contributed by atoms with E-state index in [4.69, 9.17) is 10.7 Å². The maximum Gasteiger partial charge on any atom is 0.288 e. The molecule has 4 rings (SSSR count). The lowest BCUT2D eigenvalue weighted by atomic mass is 10.0. The van der Waals surface area contributed by atoms with E-state index in [1.54, 1.807) is 17.5 Å². The molecule has 0 fully saturated rings. The summed E-state index contributed by atoms with van der Waals surface area (Å²) in [4.78, 5) is 29.7. The van der Waals surface area contributed by atoms with Crippen LogP contribution in [0.4, 0.5) is 11.4 Å². The number of anilines is 1. The molecule has 1 amide bonds. The minimum absolute atomic E-state index is 0.112. The lowest BCUT2D eigenvalue weighted by Crippen LogP contribution is -2.55. The Balaban J connectivity index is 1.66. The summed E-state index contributed by atoms with van der Waals surface area (Å²) in [6.07, 6.45) is -0.311. The van der Waals surface area contributed by atoms with E-state index >= 15 is 0 Å². The van der Waals surface area contributed by atoms with E-state index in [-0.39, 0.29) is 22.7 Å². The predicted molar refractivity (Wildman–Crippen MR) is 132 cm³/mol. The van der Waals surface area contributed by atoms with Crippen molar-refractivity contribution in [1.82, 2.24) is 10.3 Å². The van der Waals surface area contributed by atoms with Gasteiger partial charge in [-0.25, -0.2) is 4.98 Å². The molecule has 0 aliphatic carbocycles. The fourth-order valence-corrected chi connectivity index (χ4v) is 4.94. The standard InChI is InChI=1S/C24H25N5O3S/c1-14-7-5-8-16-21(25)17-9-6-10-18(23(17)27-22(14)16)24(30)26-15(2)29(3,4)13-20-19(28(31)32)11-12-33-20/h5-12,15H,13H2,1-4H3,(H2-,25,26,27,30)/p+1. The number of hydrogen-bond donors (Lipinski definition) is 2. The number of carbonyl (C=O) groups is 1. The summed E-state index contributed by atoms with van der Waals surface area (Å²) in [6.45, 7) is 4.28. The zero-order valence-electron chi connectivity index (χ0n) is 19.0. The Morgan fingerprint density at radius 2 is 1.85 bits per heavy atom. The highest BCUT2D eigenvalue weighted by Crippen LogP contribution is 2.32. The largest absolute Gasteiger partial charge is 0.398 e. The second-order valence-corrected chi connectivity index (χ2v) is 9.77. The molecule has 2 aromatic carbocycles. The molecule has 0 saturated heterocycles. The van der Waals surface area contributed by atoms with Crippen molar-refractivity contribution in [2.45, 2.75) is 26.6 Å². The first-order chi connectivity index (χ1) is 15.6. The number of aryl methyl sites for hydroxylation is 1. The van der Waals surface area contributed by atoms with Crippen LogP contribution in [0.15, 0.2) is 47.8 Å². The smallest absolute Gasteiger partial charge is 0.288 e. The number of nitro groups is 1. The highest BCUT2D eigenvalue weighted by molar-refractivity contribution is 7.10. The highest BCUT2D eigenvalue weighted by atomic mass is 32.1. The zero-order chi connectivity index (χ0) is 23.9. The molecule has 1 unspecified atom stereocenters. The predicted octanol–water partition coefficient (Wildman–Crippen LogP) is 4.60. The Hall–Kier alpha value is -3.56. The highest BCUT2D eigenvalue weighted by Gasteiger charge is 2.30. The quantitative estimate of drug-likeness (QED) is 0.142. The molecule has 4 aromatic rings. The lowest BCUT2D eigenvalue weighted by molar-refractivity contribution is -0.927. The molecule has 0 bridgehead atoms. The summed E-state index contributed by atoms with van der Waals surface area (Å²) in [7, 11) is 3.87. The van der Waals surface area contributed by atoms with Gasteiger partial charge >= 0.3 is 0 Å². The average Bonchev–Trinajstić information content (AvgIpc) is 3.22. The fourth-order valence-electron chi connectivity index (χ4n) is 3.91. The first kappa shape index (κ1) is 22.6. The van der Waals surface area contributed by atoms with Gasteiger partial charge in [-0.15, -0.1) is 11.3 Å². The number of benzene rings is 2. The van der Waals surface area contributed by atoms with Crippen LogP contribution >= 0.6 is 11.3 Å². The number of amides is 1. The minimum atomic E-state index is -0.367. The first-order valence-corrected chi connectivity index (χ1v) is 11.4. The summed E-state index contributed by atoms with van der Waals surface area (Å²) in [5, 5.41) is 17.7. The van der Waals surface area contributed by atoms with E-state index in [1.165, 1.54) is 17.4 Å². The van der Waals surface area contributed by atoms with Crippen molar-refractivity contribution in [3.8, 4) is 0 Å². The molecule has 3 N–H and O–H groups in total. The second-order valence-electron chi connectivity index (χ2n) is 8.77. The number of thiophene rings is 1. The zero-order valence-corrected chi connectivity index (χ0v) is 19.8. The molecule has 2 aromatic heterocycles. The van der Waals surface area contributed by atoms with Crippen LogP contribution in [0.1, 0.15) is 27.7 Å². The Morgan fingerprint density at radius 1 is 1.18 bits per heavy atom. The van der Waals surface area contributed by atoms with Gasteiger partial charge in [0.1, 0.15) is 11.4 Å². The number of quaternary nitrogens is 1. The van der Waals surface area contributed by atoms with Crippen molar-refractivity contribution >= 4 is 50.4 Å². The van der Waals surface area contributed by atoms with Crippen LogP contribution < -0.4 is 11.1 Å². The topological polar surface area (TPSA) is 111 Å². The first-order valence-electron chi connectivity index (χ1n) is 10.5. The molecule has 1 atom stereocenters. The SMILES string of the molecule is Cc1cccc2c(N)c3cccc(C(=O)NC(C)[N+](C)(C)Cc4sccc4[N+](=O)[O-])c3nc12. The molecular weight excluding hydrogens is 438 g/mol. The average molecular weight is 465 g/mol. The number of nitrogens with zero attached hydrogens (tertiary/aromatic N) is 3. The van der Waals surface area contributed by atoms with E-state index < -0.39 is 0 Å². The third-order valence-corrected chi connectivity index (χ3v) is 7.08. The molecular formula is C24H26N5O3S+. The maximum atomic E-state index is 13.3. The van der Waals surface area contributed by atoms with Gasteiger partial charge in [0.2, 0.25) is 0 Å². The summed E-state index contributed by atoms with van der Waals surface area (Å²) >= 11 is 1.35.